The summed E-state index contributed by atoms with van der Waals surface area (Å²) < 4.78 is 44.9. The highest BCUT2D eigenvalue weighted by atomic mass is 32.2. The Balaban J connectivity index is 1.56. The molecule has 0 saturated heterocycles. The third-order valence-corrected chi connectivity index (χ3v) is 7.91. The van der Waals surface area contributed by atoms with Crippen LogP contribution in [-0.2, 0) is 25.0 Å². The van der Waals surface area contributed by atoms with Crippen molar-refractivity contribution in [2.75, 3.05) is 0 Å². The van der Waals surface area contributed by atoms with Gasteiger partial charge in [0, 0.05) is 21.1 Å². The minimum absolute atomic E-state index is 0.297. The summed E-state index contributed by atoms with van der Waals surface area (Å²) in [4.78, 5) is 6.99. The van der Waals surface area contributed by atoms with Crippen molar-refractivity contribution in [1.29, 1.82) is 0 Å². The van der Waals surface area contributed by atoms with Gasteiger partial charge < -0.3 is 4.74 Å². The van der Waals surface area contributed by atoms with E-state index in [0.29, 0.717) is 22.9 Å². The number of thioether (sulfide) groups is 1. The molecule has 2 nitrogen and oxygen atoms in total. The number of nitrogens with zero attached hydrogens (tertiary/aromatic N) is 1. The maximum atomic E-state index is 13.0. The molecule has 0 amide bonds. The Bertz CT molecular complexity index is 1250. The minimum Gasteiger partial charge on any atom is -0.487 e. The lowest BCUT2D eigenvalue weighted by Gasteiger charge is -2.08. The number of para-hydroxylation sites is 1. The van der Waals surface area contributed by atoms with Crippen molar-refractivity contribution >= 4 is 23.1 Å². The molecular formula is C28H26F3NOS2. The van der Waals surface area contributed by atoms with Gasteiger partial charge in [-0.05, 0) is 60.9 Å². The van der Waals surface area contributed by atoms with Crippen molar-refractivity contribution in [3.05, 3.63) is 100 Å². The topological polar surface area (TPSA) is 22.1 Å². The molecule has 0 unspecified atom stereocenters. The third kappa shape index (κ3) is 6.67. The van der Waals surface area contributed by atoms with Gasteiger partial charge in [0.1, 0.15) is 17.4 Å². The Labute approximate surface area is 212 Å². The van der Waals surface area contributed by atoms with Crippen LogP contribution in [0.25, 0.3) is 10.6 Å². The fraction of sp³-hybridized carbons (Fsp3) is 0.250. The zero-order chi connectivity index (χ0) is 24.8. The normalized spacial score (nSPS) is 11.6. The van der Waals surface area contributed by atoms with Crippen LogP contribution in [0.2, 0.25) is 0 Å². The van der Waals surface area contributed by atoms with Gasteiger partial charge >= 0.3 is 6.18 Å². The first-order valence-corrected chi connectivity index (χ1v) is 13.2. The molecule has 0 radical (unpaired) electrons. The molecular weight excluding hydrogens is 487 g/mol. The standard InChI is InChI=1S/C28H26F3NOS2/c1-3-7-20-12-15-24(16-19(20)2)34-18-26-25(17-33-23-8-5-4-6-9-23)32-27(35-26)21-10-13-22(14-11-21)28(29,30)31/h4-6,8-16H,3,7,17-18H2,1-2H3. The molecule has 7 heteroatoms. The molecule has 4 aromatic rings. The van der Waals surface area contributed by atoms with E-state index in [0.717, 1.165) is 41.3 Å². The second-order valence-corrected chi connectivity index (χ2v) is 10.3. The average Bonchev–Trinajstić information content (AvgIpc) is 3.26. The summed E-state index contributed by atoms with van der Waals surface area (Å²) in [6.45, 7) is 4.62. The van der Waals surface area contributed by atoms with Crippen molar-refractivity contribution in [3.63, 3.8) is 0 Å². The Kier molecular flexibility index (Phi) is 8.19. The SMILES string of the molecule is CCCc1ccc(SCc2sc(-c3ccc(C(F)(F)F)cc3)nc2COc2ccccc2)cc1C. The zero-order valence-corrected chi connectivity index (χ0v) is 21.2. The van der Waals surface area contributed by atoms with Crippen molar-refractivity contribution in [1.82, 2.24) is 4.98 Å². The van der Waals surface area contributed by atoms with Crippen LogP contribution in [0.5, 0.6) is 5.75 Å². The molecule has 0 aliphatic carbocycles. The van der Waals surface area contributed by atoms with Gasteiger partial charge in [-0.1, -0.05) is 49.7 Å². The molecule has 0 fully saturated rings. The second-order valence-electron chi connectivity index (χ2n) is 8.19. The number of hydrogen-bond acceptors (Lipinski definition) is 4. The van der Waals surface area contributed by atoms with E-state index < -0.39 is 11.7 Å². The molecule has 0 bridgehead atoms. The summed E-state index contributed by atoms with van der Waals surface area (Å²) in [7, 11) is 0. The van der Waals surface area contributed by atoms with Crippen LogP contribution in [0.4, 0.5) is 13.2 Å². The van der Waals surface area contributed by atoms with Gasteiger partial charge in [0.05, 0.1) is 11.3 Å². The van der Waals surface area contributed by atoms with E-state index in [1.54, 1.807) is 11.8 Å². The summed E-state index contributed by atoms with van der Waals surface area (Å²) in [5, 5.41) is 0.690. The first kappa shape index (κ1) is 25.3. The molecule has 0 aliphatic heterocycles. The minimum atomic E-state index is -4.36. The Morgan fingerprint density at radius 1 is 0.971 bits per heavy atom. The summed E-state index contributed by atoms with van der Waals surface area (Å²) in [5.74, 6) is 1.45. The van der Waals surface area contributed by atoms with Crippen LogP contribution in [0.15, 0.2) is 77.7 Å². The molecule has 0 spiro atoms. The lowest BCUT2D eigenvalue weighted by atomic mass is 10.1. The largest absolute Gasteiger partial charge is 0.487 e. The smallest absolute Gasteiger partial charge is 0.416 e. The predicted molar refractivity (Wildman–Crippen MR) is 138 cm³/mol. The summed E-state index contributed by atoms with van der Waals surface area (Å²) >= 11 is 3.23. The van der Waals surface area contributed by atoms with E-state index >= 15 is 0 Å². The van der Waals surface area contributed by atoms with E-state index in [-0.39, 0.29) is 0 Å². The highest BCUT2D eigenvalue weighted by molar-refractivity contribution is 7.98. The van der Waals surface area contributed by atoms with Gasteiger partial charge in [0.15, 0.2) is 0 Å². The quantitative estimate of drug-likeness (QED) is 0.209. The lowest BCUT2D eigenvalue weighted by Crippen LogP contribution is -2.04. The van der Waals surface area contributed by atoms with Crippen molar-refractivity contribution in [3.8, 4) is 16.3 Å². The fourth-order valence-corrected chi connectivity index (χ4v) is 5.83. The third-order valence-electron chi connectivity index (χ3n) is 5.56. The first-order valence-electron chi connectivity index (χ1n) is 11.4. The van der Waals surface area contributed by atoms with Crippen molar-refractivity contribution < 1.29 is 17.9 Å². The van der Waals surface area contributed by atoms with Gasteiger partial charge in [-0.25, -0.2) is 4.98 Å². The van der Waals surface area contributed by atoms with Crippen LogP contribution < -0.4 is 4.74 Å². The molecule has 0 saturated carbocycles. The highest BCUT2D eigenvalue weighted by Gasteiger charge is 2.30. The molecule has 0 aliphatic rings. The van der Waals surface area contributed by atoms with Gasteiger partial charge in [-0.15, -0.1) is 23.1 Å². The van der Waals surface area contributed by atoms with Crippen LogP contribution >= 0.6 is 23.1 Å². The van der Waals surface area contributed by atoms with Crippen LogP contribution in [-0.4, -0.2) is 4.98 Å². The number of aryl methyl sites for hydroxylation is 2. The molecule has 1 aromatic heterocycles. The number of ether oxygens (including phenoxy) is 1. The maximum absolute atomic E-state index is 13.0. The number of thiazole rings is 1. The fourth-order valence-electron chi connectivity index (χ4n) is 3.66. The predicted octanol–water partition coefficient (Wildman–Crippen LogP) is 8.96. The van der Waals surface area contributed by atoms with Crippen LogP contribution in [0, 0.1) is 6.92 Å². The van der Waals surface area contributed by atoms with Gasteiger partial charge in [0.2, 0.25) is 0 Å². The maximum Gasteiger partial charge on any atom is 0.416 e. The highest BCUT2D eigenvalue weighted by Crippen LogP contribution is 2.36. The van der Waals surface area contributed by atoms with Crippen LogP contribution in [0.3, 0.4) is 0 Å². The molecule has 1 heterocycles. The van der Waals surface area contributed by atoms with Gasteiger partial charge in [-0.2, -0.15) is 13.2 Å². The number of aromatic nitrogens is 1. The zero-order valence-electron chi connectivity index (χ0n) is 19.6. The molecule has 3 aromatic carbocycles. The average molecular weight is 514 g/mol. The molecule has 182 valence electrons. The molecule has 0 atom stereocenters. The van der Waals surface area contributed by atoms with E-state index in [1.807, 2.05) is 30.3 Å². The van der Waals surface area contributed by atoms with Crippen LogP contribution in [0.1, 0.15) is 40.6 Å². The number of rotatable bonds is 9. The molecule has 35 heavy (non-hydrogen) atoms. The molecule has 4 rings (SSSR count). The van der Waals surface area contributed by atoms with Crippen molar-refractivity contribution in [2.24, 2.45) is 0 Å². The van der Waals surface area contributed by atoms with E-state index in [1.165, 1.54) is 39.5 Å². The number of hydrogen-bond donors (Lipinski definition) is 0. The number of alkyl halides is 3. The van der Waals surface area contributed by atoms with Crippen molar-refractivity contribution in [2.45, 2.75) is 50.1 Å². The van der Waals surface area contributed by atoms with E-state index in [4.69, 9.17) is 9.72 Å². The Morgan fingerprint density at radius 2 is 1.71 bits per heavy atom. The van der Waals surface area contributed by atoms with E-state index in [2.05, 4.69) is 32.0 Å². The van der Waals surface area contributed by atoms with Gasteiger partial charge in [-0.3, -0.25) is 0 Å². The lowest BCUT2D eigenvalue weighted by molar-refractivity contribution is -0.137. The Hall–Kier alpha value is -2.77. The van der Waals surface area contributed by atoms with E-state index in [9.17, 15) is 13.2 Å². The summed E-state index contributed by atoms with van der Waals surface area (Å²) in [5.41, 5.74) is 3.47. The monoisotopic (exact) mass is 513 g/mol. The number of benzene rings is 3. The van der Waals surface area contributed by atoms with Gasteiger partial charge in [0.25, 0.3) is 0 Å². The second kappa shape index (κ2) is 11.3. The summed E-state index contributed by atoms with van der Waals surface area (Å²) in [6, 6.07) is 21.3. The Morgan fingerprint density at radius 3 is 2.37 bits per heavy atom. The first-order chi connectivity index (χ1) is 16.8. The molecule has 0 N–H and O–H groups in total. The number of halogens is 3. The summed E-state index contributed by atoms with van der Waals surface area (Å²) in [6.07, 6.45) is -2.17.